The molecule has 1 atom stereocenters. The molecule has 0 spiro atoms. The van der Waals surface area contributed by atoms with Gasteiger partial charge in [-0.25, -0.2) is 19.6 Å². The molecule has 0 radical (unpaired) electrons. The first-order valence-corrected chi connectivity index (χ1v) is 9.08. The van der Waals surface area contributed by atoms with E-state index in [0.717, 1.165) is 0 Å². The molecule has 9 heteroatoms. The Balaban J connectivity index is 1.54. The number of nitrogens with zero attached hydrogens (tertiary/aromatic N) is 2. The molecule has 1 unspecified atom stereocenters. The fraction of sp³-hybridized carbons (Fsp3) is 0.421. The molecular formula is C19H23FN4O4. The van der Waals surface area contributed by atoms with Crippen molar-refractivity contribution in [3.05, 3.63) is 42.2 Å². The second-order valence-electron chi connectivity index (χ2n) is 6.67. The number of hydroxylamine groups is 1. The van der Waals surface area contributed by atoms with Crippen LogP contribution in [-0.4, -0.2) is 42.0 Å². The highest BCUT2D eigenvalue weighted by Gasteiger charge is 2.28. The van der Waals surface area contributed by atoms with Crippen molar-refractivity contribution in [2.45, 2.75) is 25.8 Å². The largest absolute Gasteiger partial charge is 0.438 e. The molecule has 1 aliphatic heterocycles. The number of piperidine rings is 1. The third kappa shape index (κ3) is 4.66. The van der Waals surface area contributed by atoms with Crippen molar-refractivity contribution < 1.29 is 23.2 Å². The summed E-state index contributed by atoms with van der Waals surface area (Å²) in [7, 11) is 1.39. The van der Waals surface area contributed by atoms with E-state index in [4.69, 9.17) is 4.42 Å². The lowest BCUT2D eigenvalue weighted by molar-refractivity contribution is -0.136. The van der Waals surface area contributed by atoms with Gasteiger partial charge in [0.25, 0.3) is 0 Å². The maximum atomic E-state index is 13.0. The summed E-state index contributed by atoms with van der Waals surface area (Å²) in [5.74, 6) is 0.214. The fourth-order valence-corrected chi connectivity index (χ4v) is 3.10. The zero-order chi connectivity index (χ0) is 20.1. The molecule has 0 saturated carbocycles. The third-order valence-electron chi connectivity index (χ3n) is 4.72. The number of hydrogen-bond donors (Lipinski definition) is 2. The van der Waals surface area contributed by atoms with Crippen LogP contribution in [0.2, 0.25) is 0 Å². The van der Waals surface area contributed by atoms with E-state index in [1.807, 2.05) is 0 Å². The number of nitrogens with one attached hydrogen (secondary N) is 2. The van der Waals surface area contributed by atoms with Gasteiger partial charge in [-0.2, -0.15) is 0 Å². The summed E-state index contributed by atoms with van der Waals surface area (Å²) in [5.41, 5.74) is 3.04. The van der Waals surface area contributed by atoms with Crippen LogP contribution in [0.5, 0.6) is 0 Å². The Kier molecular flexibility index (Phi) is 6.25. The number of carbonyl (C=O) groups is 2. The molecule has 8 nitrogen and oxygen atoms in total. The van der Waals surface area contributed by atoms with E-state index in [0.29, 0.717) is 43.1 Å². The normalized spacial score (nSPS) is 15.9. The van der Waals surface area contributed by atoms with Crippen molar-refractivity contribution in [2.75, 3.05) is 20.2 Å². The highest BCUT2D eigenvalue weighted by Crippen LogP contribution is 2.24. The van der Waals surface area contributed by atoms with Crippen LogP contribution in [0.1, 0.15) is 31.7 Å². The van der Waals surface area contributed by atoms with E-state index in [9.17, 15) is 14.0 Å². The summed E-state index contributed by atoms with van der Waals surface area (Å²) in [6, 6.07) is 5.23. The van der Waals surface area contributed by atoms with Crippen LogP contribution in [0, 0.1) is 11.7 Å². The summed E-state index contributed by atoms with van der Waals surface area (Å²) in [6.07, 6.45) is 2.69. The van der Waals surface area contributed by atoms with Crippen molar-refractivity contribution in [3.8, 4) is 11.3 Å². The molecule has 28 heavy (non-hydrogen) atoms. The minimum Gasteiger partial charge on any atom is -0.438 e. The predicted octanol–water partition coefficient (Wildman–Crippen LogP) is 2.64. The molecular weight excluding hydrogens is 367 g/mol. The molecule has 0 aliphatic carbocycles. The molecule has 1 aromatic heterocycles. The van der Waals surface area contributed by atoms with Crippen molar-refractivity contribution in [3.63, 3.8) is 0 Å². The second kappa shape index (κ2) is 8.83. The predicted molar refractivity (Wildman–Crippen MR) is 98.3 cm³/mol. The number of halogens is 1. The molecule has 1 aliphatic rings. The Morgan fingerprint density at radius 3 is 2.61 bits per heavy atom. The lowest BCUT2D eigenvalue weighted by Crippen LogP contribution is -2.47. The zero-order valence-electron chi connectivity index (χ0n) is 15.8. The minimum absolute atomic E-state index is 0.161. The van der Waals surface area contributed by atoms with Gasteiger partial charge in [-0.3, -0.25) is 9.63 Å². The van der Waals surface area contributed by atoms with E-state index in [1.165, 1.54) is 19.2 Å². The standard InChI is InChI=1S/C19H23FN4O4/c1-12(18-21-11-16(28-18)13-3-5-15(20)6-4-13)22-19(26)24-9-7-14(8-10-24)17(25)23-27-2/h3-6,11-12,14H,7-10H2,1-2H3,(H,22,26)(H,23,25). The van der Waals surface area contributed by atoms with Crippen LogP contribution in [-0.2, 0) is 9.63 Å². The summed E-state index contributed by atoms with van der Waals surface area (Å²) in [5, 5.41) is 2.85. The van der Waals surface area contributed by atoms with Crippen molar-refractivity contribution in [2.24, 2.45) is 5.92 Å². The van der Waals surface area contributed by atoms with Crippen molar-refractivity contribution in [1.29, 1.82) is 0 Å². The number of rotatable bonds is 5. The maximum Gasteiger partial charge on any atom is 0.318 e. The van der Waals surface area contributed by atoms with Crippen LogP contribution in [0.3, 0.4) is 0 Å². The number of urea groups is 1. The molecule has 150 valence electrons. The quantitative estimate of drug-likeness (QED) is 0.765. The van der Waals surface area contributed by atoms with E-state index >= 15 is 0 Å². The molecule has 2 N–H and O–H groups in total. The van der Waals surface area contributed by atoms with Gasteiger partial charge in [0.05, 0.1) is 13.3 Å². The maximum absolute atomic E-state index is 13.0. The zero-order valence-corrected chi connectivity index (χ0v) is 15.8. The Morgan fingerprint density at radius 1 is 1.29 bits per heavy atom. The van der Waals surface area contributed by atoms with Gasteiger partial charge in [0, 0.05) is 24.6 Å². The lowest BCUT2D eigenvalue weighted by atomic mass is 9.96. The third-order valence-corrected chi connectivity index (χ3v) is 4.72. The Labute approximate surface area is 162 Å². The summed E-state index contributed by atoms with van der Waals surface area (Å²) < 4.78 is 18.7. The van der Waals surface area contributed by atoms with Gasteiger partial charge >= 0.3 is 6.03 Å². The van der Waals surface area contributed by atoms with Gasteiger partial charge in [-0.15, -0.1) is 0 Å². The fourth-order valence-electron chi connectivity index (χ4n) is 3.10. The van der Waals surface area contributed by atoms with E-state index in [2.05, 4.69) is 20.6 Å². The Morgan fingerprint density at radius 2 is 1.96 bits per heavy atom. The highest BCUT2D eigenvalue weighted by atomic mass is 19.1. The van der Waals surface area contributed by atoms with Crippen LogP contribution < -0.4 is 10.8 Å². The van der Waals surface area contributed by atoms with E-state index in [1.54, 1.807) is 30.2 Å². The highest BCUT2D eigenvalue weighted by molar-refractivity contribution is 5.79. The number of aromatic nitrogens is 1. The number of oxazole rings is 1. The number of amides is 3. The first kappa shape index (κ1) is 19.8. The lowest BCUT2D eigenvalue weighted by Gasteiger charge is -2.31. The topological polar surface area (TPSA) is 96.7 Å². The smallest absolute Gasteiger partial charge is 0.318 e. The molecule has 2 heterocycles. The SMILES string of the molecule is CONC(=O)C1CCN(C(=O)NC(C)c2ncc(-c3ccc(F)cc3)o2)CC1. The molecule has 1 saturated heterocycles. The summed E-state index contributed by atoms with van der Waals surface area (Å²) >= 11 is 0. The number of carbonyl (C=O) groups excluding carboxylic acids is 2. The molecule has 1 aromatic carbocycles. The van der Waals surface area contributed by atoms with Gasteiger partial charge in [-0.1, -0.05) is 0 Å². The van der Waals surface area contributed by atoms with Crippen LogP contribution in [0.25, 0.3) is 11.3 Å². The summed E-state index contributed by atoms with van der Waals surface area (Å²) in [6.45, 7) is 2.73. The first-order chi connectivity index (χ1) is 13.5. The van der Waals surface area contributed by atoms with Gasteiger partial charge < -0.3 is 14.6 Å². The Hall–Kier alpha value is -2.94. The monoisotopic (exact) mass is 390 g/mol. The van der Waals surface area contributed by atoms with Gasteiger partial charge in [-0.05, 0) is 44.0 Å². The van der Waals surface area contributed by atoms with Crippen molar-refractivity contribution in [1.82, 2.24) is 20.7 Å². The van der Waals surface area contributed by atoms with Gasteiger partial charge in [0.15, 0.2) is 5.76 Å². The van der Waals surface area contributed by atoms with E-state index < -0.39 is 6.04 Å². The molecule has 0 bridgehead atoms. The number of likely N-dealkylation sites (tertiary alicyclic amines) is 1. The number of benzene rings is 1. The van der Waals surface area contributed by atoms with Crippen molar-refractivity contribution >= 4 is 11.9 Å². The second-order valence-corrected chi connectivity index (χ2v) is 6.67. The molecule has 2 aromatic rings. The van der Waals surface area contributed by atoms with Crippen LogP contribution in [0.4, 0.5) is 9.18 Å². The average Bonchev–Trinajstić information content (AvgIpc) is 3.19. The summed E-state index contributed by atoms with van der Waals surface area (Å²) in [4.78, 5) is 34.8. The first-order valence-electron chi connectivity index (χ1n) is 9.08. The van der Waals surface area contributed by atoms with Gasteiger partial charge in [0.1, 0.15) is 11.9 Å². The molecule has 3 rings (SSSR count). The van der Waals surface area contributed by atoms with Gasteiger partial charge in [0.2, 0.25) is 11.8 Å². The van der Waals surface area contributed by atoms with E-state index in [-0.39, 0.29) is 23.7 Å². The molecule has 1 fully saturated rings. The average molecular weight is 390 g/mol. The van der Waals surface area contributed by atoms with Crippen LogP contribution in [0.15, 0.2) is 34.9 Å². The molecule has 3 amide bonds. The van der Waals surface area contributed by atoms with Crippen LogP contribution >= 0.6 is 0 Å². The minimum atomic E-state index is -0.434. The number of hydrogen-bond acceptors (Lipinski definition) is 5. The Bertz CT molecular complexity index is 816.